The van der Waals surface area contributed by atoms with Crippen molar-refractivity contribution in [2.24, 2.45) is 32.7 Å². The van der Waals surface area contributed by atoms with Gasteiger partial charge in [0, 0.05) is 29.8 Å². The molecule has 7 aliphatic rings. The van der Waals surface area contributed by atoms with Gasteiger partial charge in [0.1, 0.15) is 17.5 Å². The van der Waals surface area contributed by atoms with Gasteiger partial charge in [-0.05, 0) is 75.3 Å². The number of allylic oxidation sites excluding steroid dienone is 4. The van der Waals surface area contributed by atoms with Crippen LogP contribution in [0.4, 0.5) is 0 Å². The van der Waals surface area contributed by atoms with Crippen LogP contribution in [0.1, 0.15) is 47.0 Å². The molecule has 15 heteroatoms. The van der Waals surface area contributed by atoms with Crippen LogP contribution in [0.3, 0.4) is 0 Å². The second-order valence-electron chi connectivity index (χ2n) is 15.5. The van der Waals surface area contributed by atoms with Crippen molar-refractivity contribution in [1.29, 1.82) is 0 Å². The molecule has 0 radical (unpaired) electrons. The summed E-state index contributed by atoms with van der Waals surface area (Å²) in [6.07, 6.45) is 14.5. The molecule has 15 nitrogen and oxygen atoms in total. The molecule has 5 heterocycles. The molecule has 7 unspecified atom stereocenters. The molecule has 10 atom stereocenters. The Labute approximate surface area is 308 Å². The fourth-order valence-electron chi connectivity index (χ4n) is 9.39. The van der Waals surface area contributed by atoms with E-state index in [0.29, 0.717) is 49.3 Å². The van der Waals surface area contributed by atoms with E-state index in [1.807, 2.05) is 13.0 Å². The summed E-state index contributed by atoms with van der Waals surface area (Å²) in [5, 5.41) is 28.2. The molecule has 7 rings (SSSR count). The number of cyclic esters (lactones) is 1. The van der Waals surface area contributed by atoms with Crippen molar-refractivity contribution in [3.05, 3.63) is 59.6 Å². The molecule has 4 fully saturated rings. The smallest absolute Gasteiger partial charge is 0.343 e. The zero-order chi connectivity index (χ0) is 37.9. The molecule has 53 heavy (non-hydrogen) atoms. The van der Waals surface area contributed by atoms with Crippen molar-refractivity contribution >= 4 is 35.9 Å². The van der Waals surface area contributed by atoms with Gasteiger partial charge in [-0.2, -0.15) is 0 Å². The summed E-state index contributed by atoms with van der Waals surface area (Å²) in [5.74, 6) is -1.68. The molecule has 2 saturated heterocycles. The van der Waals surface area contributed by atoms with Crippen molar-refractivity contribution in [3.8, 4) is 0 Å². The van der Waals surface area contributed by atoms with Gasteiger partial charge in [-0.25, -0.2) is 19.6 Å². The molecule has 1 spiro atoms. The number of carbonyl (C=O) groups excluding carboxylic acids is 4. The summed E-state index contributed by atoms with van der Waals surface area (Å²) < 4.78 is 17.1. The number of nitrogens with zero attached hydrogens (tertiary/aromatic N) is 4. The van der Waals surface area contributed by atoms with Gasteiger partial charge in [-0.3, -0.25) is 24.7 Å². The molecule has 0 aromatic rings. The molecule has 2 saturated carbocycles. The highest BCUT2D eigenvalue weighted by Crippen LogP contribution is 2.65. The normalized spacial score (nSPS) is 38.8. The summed E-state index contributed by atoms with van der Waals surface area (Å²) in [5.41, 5.74) is -0.991. The van der Waals surface area contributed by atoms with Crippen LogP contribution in [-0.2, 0) is 33.4 Å². The molecular formula is C38H48N6O9. The molecule has 284 valence electrons. The number of aliphatic imine (C=N–C) groups is 2. The number of likely N-dealkylation sites (N-methyl/N-ethyl adjacent to an activating group) is 1. The summed E-state index contributed by atoms with van der Waals surface area (Å²) in [6, 6.07) is -1.99. The maximum atomic E-state index is 13.2. The minimum absolute atomic E-state index is 0.158. The molecule has 2 amide bonds. The van der Waals surface area contributed by atoms with Crippen molar-refractivity contribution in [1.82, 2.24) is 20.4 Å². The van der Waals surface area contributed by atoms with E-state index in [1.54, 1.807) is 68.6 Å². The van der Waals surface area contributed by atoms with E-state index in [-0.39, 0.29) is 43.0 Å². The Morgan fingerprint density at radius 2 is 2.04 bits per heavy atom. The summed E-state index contributed by atoms with van der Waals surface area (Å²) >= 11 is 0. The van der Waals surface area contributed by atoms with Gasteiger partial charge in [0.2, 0.25) is 11.9 Å². The number of guanidine groups is 1. The van der Waals surface area contributed by atoms with Gasteiger partial charge in [0.05, 0.1) is 44.1 Å². The van der Waals surface area contributed by atoms with Crippen molar-refractivity contribution in [2.75, 3.05) is 33.4 Å². The lowest BCUT2D eigenvalue weighted by atomic mass is 9.44. The third-order valence-corrected chi connectivity index (χ3v) is 12.4. The zero-order valence-corrected chi connectivity index (χ0v) is 30.7. The molecule has 0 bridgehead atoms. The van der Waals surface area contributed by atoms with Gasteiger partial charge in [-0.15, -0.1) is 0 Å². The van der Waals surface area contributed by atoms with E-state index in [9.17, 15) is 29.4 Å². The maximum absolute atomic E-state index is 13.2. The number of esters is 2. The quantitative estimate of drug-likeness (QED) is 0.149. The SMILES string of the molecule is CCOC(=O)C1C(=O)N2C=C(/C=C3C=C(/C=C/C4C5(CO5)C(NC(C)C(=O)NC5=NCC=N5)CC5[C@]4(C)CC[C@@H](O)[C@@]5(C)CO)C(=O)O\3)C=CC2N1C. The number of carbonyl (C=O) groups is 4. The van der Waals surface area contributed by atoms with Crippen LogP contribution >= 0.6 is 0 Å². The second kappa shape index (κ2) is 13.9. The highest BCUT2D eigenvalue weighted by Gasteiger charge is 2.70. The van der Waals surface area contributed by atoms with Gasteiger partial charge in [0.15, 0.2) is 6.04 Å². The number of hydrogen-bond acceptors (Lipinski definition) is 13. The minimum Gasteiger partial charge on any atom is -0.464 e. The van der Waals surface area contributed by atoms with Crippen molar-refractivity contribution < 1.29 is 43.6 Å². The predicted molar refractivity (Wildman–Crippen MR) is 192 cm³/mol. The van der Waals surface area contributed by atoms with E-state index in [1.165, 1.54) is 4.90 Å². The number of aliphatic hydroxyl groups excluding tert-OH is 2. The molecular weight excluding hydrogens is 684 g/mol. The molecule has 2 aliphatic carbocycles. The number of hydrogen-bond donors (Lipinski definition) is 4. The first-order chi connectivity index (χ1) is 25.3. The molecule has 5 aliphatic heterocycles. The first-order valence-corrected chi connectivity index (χ1v) is 18.3. The number of aliphatic hydroxyl groups is 2. The van der Waals surface area contributed by atoms with E-state index < -0.39 is 58.6 Å². The Hall–Kier alpha value is -4.28. The van der Waals surface area contributed by atoms with Crippen LogP contribution in [0.2, 0.25) is 0 Å². The minimum atomic E-state index is -1.05. The number of nitrogens with one attached hydrogen (secondary N) is 2. The van der Waals surface area contributed by atoms with E-state index in [4.69, 9.17) is 14.2 Å². The standard InChI is InChI=1S/C38H48N6O9/c1-6-51-34(50)30-32(48)44-18-22(7-10-29(44)43(30)5)15-24-16-23(33(49)53-24)8-9-25-36(3)12-11-28(46)37(4,19-45)26(36)17-27(38(25)20-52-38)41-21(2)31(47)42-35-39-13-14-40-35/h7-10,13,15-16,18,21,25-30,41,45-46H,6,11-12,14,17,19-20H2,1-5H3,(H,40,42,47)/b9-8+,24-15+/t21?,25?,26?,27?,28-,29?,30?,36-,37+,38?/m1/s1. The Morgan fingerprint density at radius 3 is 2.72 bits per heavy atom. The first-order valence-electron chi connectivity index (χ1n) is 18.3. The number of ether oxygens (including phenoxy) is 3. The van der Waals surface area contributed by atoms with Gasteiger partial charge < -0.3 is 29.7 Å². The monoisotopic (exact) mass is 732 g/mol. The lowest BCUT2D eigenvalue weighted by Gasteiger charge is -2.62. The Morgan fingerprint density at radius 1 is 1.26 bits per heavy atom. The number of fused-ring (bicyclic) bond motifs is 2. The number of rotatable bonds is 9. The molecule has 0 aromatic heterocycles. The Bertz CT molecular complexity index is 1790. The van der Waals surface area contributed by atoms with Crippen LogP contribution in [0, 0.1) is 22.7 Å². The Kier molecular flexibility index (Phi) is 9.68. The third kappa shape index (κ3) is 6.31. The summed E-state index contributed by atoms with van der Waals surface area (Å²) in [4.78, 5) is 63.3. The van der Waals surface area contributed by atoms with Crippen molar-refractivity contribution in [2.45, 2.75) is 83.0 Å². The predicted octanol–water partition coefficient (Wildman–Crippen LogP) is 0.863. The Balaban J connectivity index is 1.14. The van der Waals surface area contributed by atoms with Crippen LogP contribution in [0.25, 0.3) is 0 Å². The van der Waals surface area contributed by atoms with E-state index in [0.717, 1.165) is 0 Å². The molecule has 4 N–H and O–H groups in total. The van der Waals surface area contributed by atoms with Crippen LogP contribution in [0.5, 0.6) is 0 Å². The lowest BCUT2D eigenvalue weighted by Crippen LogP contribution is -2.67. The summed E-state index contributed by atoms with van der Waals surface area (Å²) in [6.45, 7) is 8.36. The molecule has 0 aromatic carbocycles. The van der Waals surface area contributed by atoms with Gasteiger partial charge in [-0.1, -0.05) is 32.1 Å². The zero-order valence-electron chi connectivity index (χ0n) is 30.7. The average molecular weight is 733 g/mol. The highest BCUT2D eigenvalue weighted by molar-refractivity contribution is 6.05. The number of epoxide rings is 1. The fraction of sp³-hybridized carbons (Fsp3) is 0.579. The van der Waals surface area contributed by atoms with E-state index >= 15 is 0 Å². The highest BCUT2D eigenvalue weighted by atomic mass is 16.6. The second-order valence-corrected chi connectivity index (χ2v) is 15.5. The third-order valence-electron chi connectivity index (χ3n) is 12.4. The average Bonchev–Trinajstić information content (AvgIpc) is 3.44. The number of amides is 2. The largest absolute Gasteiger partial charge is 0.464 e. The van der Waals surface area contributed by atoms with Crippen molar-refractivity contribution in [3.63, 3.8) is 0 Å². The van der Waals surface area contributed by atoms with Gasteiger partial charge in [0.25, 0.3) is 5.91 Å². The van der Waals surface area contributed by atoms with Crippen LogP contribution in [0.15, 0.2) is 69.5 Å². The van der Waals surface area contributed by atoms with Crippen LogP contribution < -0.4 is 10.6 Å². The van der Waals surface area contributed by atoms with E-state index in [2.05, 4.69) is 27.5 Å². The maximum Gasteiger partial charge on any atom is 0.343 e. The lowest BCUT2D eigenvalue weighted by molar-refractivity contribution is -0.174. The fourth-order valence-corrected chi connectivity index (χ4v) is 9.39. The van der Waals surface area contributed by atoms with Crippen LogP contribution in [-0.4, -0.2) is 125 Å². The topological polar surface area (TPSA) is 195 Å². The summed E-state index contributed by atoms with van der Waals surface area (Å²) in [7, 11) is 1.69. The first kappa shape index (κ1) is 37.1. The van der Waals surface area contributed by atoms with Gasteiger partial charge >= 0.3 is 11.9 Å².